The summed E-state index contributed by atoms with van der Waals surface area (Å²) in [5.41, 5.74) is 2.43. The second-order valence-electron chi connectivity index (χ2n) is 3.68. The minimum Gasteiger partial charge on any atom is -0.480 e. The Morgan fingerprint density at radius 1 is 1.40 bits per heavy atom. The molecule has 0 heterocycles. The molecule has 0 aromatic heterocycles. The van der Waals surface area contributed by atoms with Crippen molar-refractivity contribution in [3.63, 3.8) is 0 Å². The molecule has 2 unspecified atom stereocenters. The van der Waals surface area contributed by atoms with Gasteiger partial charge >= 0.3 is 12.0 Å². The van der Waals surface area contributed by atoms with Gasteiger partial charge < -0.3 is 10.4 Å². The van der Waals surface area contributed by atoms with Gasteiger partial charge in [-0.1, -0.05) is 20.3 Å². The molecule has 0 aliphatic heterocycles. The van der Waals surface area contributed by atoms with Gasteiger partial charge in [0.2, 0.25) is 0 Å². The molecule has 0 bridgehead atoms. The van der Waals surface area contributed by atoms with E-state index in [1.165, 1.54) is 5.01 Å². The van der Waals surface area contributed by atoms with Crippen molar-refractivity contribution in [1.29, 1.82) is 0 Å². The number of rotatable bonds is 5. The summed E-state index contributed by atoms with van der Waals surface area (Å²) in [6.07, 6.45) is 0.694. The number of hydrogen-bond acceptors (Lipinski definition) is 3. The summed E-state index contributed by atoms with van der Waals surface area (Å²) in [7, 11) is 3.30. The second-order valence-corrected chi connectivity index (χ2v) is 3.68. The van der Waals surface area contributed by atoms with E-state index in [-0.39, 0.29) is 5.92 Å². The van der Waals surface area contributed by atoms with E-state index in [2.05, 4.69) is 10.7 Å². The van der Waals surface area contributed by atoms with Gasteiger partial charge in [-0.25, -0.2) is 14.6 Å². The lowest BCUT2D eigenvalue weighted by atomic mass is 10.00. The summed E-state index contributed by atoms with van der Waals surface area (Å²) in [5, 5.41) is 12.8. The molecule has 2 atom stereocenters. The molecule has 0 rings (SSSR count). The van der Waals surface area contributed by atoms with Crippen molar-refractivity contribution in [1.82, 2.24) is 15.8 Å². The highest BCUT2D eigenvalue weighted by Gasteiger charge is 2.25. The largest absolute Gasteiger partial charge is 0.480 e. The third kappa shape index (κ3) is 5.21. The maximum absolute atomic E-state index is 11.3. The van der Waals surface area contributed by atoms with Crippen LogP contribution in [0.15, 0.2) is 0 Å². The molecule has 0 aromatic carbocycles. The van der Waals surface area contributed by atoms with E-state index in [1.54, 1.807) is 21.0 Å². The average molecular weight is 217 g/mol. The molecule has 6 heteroatoms. The van der Waals surface area contributed by atoms with Crippen LogP contribution in [-0.4, -0.2) is 42.3 Å². The molecule has 0 radical (unpaired) electrons. The zero-order valence-electron chi connectivity index (χ0n) is 9.57. The number of nitrogens with one attached hydrogen (secondary N) is 2. The monoisotopic (exact) mass is 217 g/mol. The van der Waals surface area contributed by atoms with Crippen LogP contribution in [0.3, 0.4) is 0 Å². The van der Waals surface area contributed by atoms with Gasteiger partial charge in [0.15, 0.2) is 0 Å². The predicted molar refractivity (Wildman–Crippen MR) is 56.2 cm³/mol. The fourth-order valence-corrected chi connectivity index (χ4v) is 1.06. The van der Waals surface area contributed by atoms with Crippen molar-refractivity contribution in [2.24, 2.45) is 5.92 Å². The molecule has 0 spiro atoms. The number of carboxylic acids is 1. The number of aliphatic carboxylic acids is 1. The third-order valence-corrected chi connectivity index (χ3v) is 2.09. The molecule has 2 amide bonds. The standard InChI is InChI=1S/C9H19N3O3/c1-5-6(2)7(8(13)14)10-9(15)11-12(3)4/h6-7H,5H2,1-4H3,(H,13,14)(H2,10,11,15). The second kappa shape index (κ2) is 6.23. The molecule has 0 fully saturated rings. The van der Waals surface area contributed by atoms with Gasteiger partial charge in [0, 0.05) is 14.1 Å². The SMILES string of the molecule is CCC(C)C(NC(=O)NN(C)C)C(=O)O. The van der Waals surface area contributed by atoms with Crippen LogP contribution < -0.4 is 10.7 Å². The van der Waals surface area contributed by atoms with Crippen molar-refractivity contribution in [3.05, 3.63) is 0 Å². The summed E-state index contributed by atoms with van der Waals surface area (Å²) in [6.45, 7) is 3.67. The van der Waals surface area contributed by atoms with Gasteiger partial charge in [0.1, 0.15) is 6.04 Å². The van der Waals surface area contributed by atoms with Gasteiger partial charge in [0.05, 0.1) is 0 Å². The summed E-state index contributed by atoms with van der Waals surface area (Å²) in [5.74, 6) is -1.12. The number of carboxylic acid groups (broad SMARTS) is 1. The zero-order valence-corrected chi connectivity index (χ0v) is 9.57. The van der Waals surface area contributed by atoms with Crippen molar-refractivity contribution >= 4 is 12.0 Å². The van der Waals surface area contributed by atoms with Crippen LogP contribution >= 0.6 is 0 Å². The minimum absolute atomic E-state index is 0.101. The lowest BCUT2D eigenvalue weighted by Crippen LogP contribution is -2.52. The Bertz CT molecular complexity index is 231. The summed E-state index contributed by atoms with van der Waals surface area (Å²) in [4.78, 5) is 22.1. The molecule has 0 aliphatic rings. The van der Waals surface area contributed by atoms with E-state index in [9.17, 15) is 9.59 Å². The van der Waals surface area contributed by atoms with Crippen molar-refractivity contribution in [2.45, 2.75) is 26.3 Å². The van der Waals surface area contributed by atoms with E-state index >= 15 is 0 Å². The third-order valence-electron chi connectivity index (χ3n) is 2.09. The Labute approximate surface area is 89.6 Å². The lowest BCUT2D eigenvalue weighted by Gasteiger charge is -2.21. The number of nitrogens with zero attached hydrogens (tertiary/aromatic N) is 1. The quantitative estimate of drug-likeness (QED) is 0.577. The highest BCUT2D eigenvalue weighted by atomic mass is 16.4. The highest BCUT2D eigenvalue weighted by Crippen LogP contribution is 2.07. The first-order chi connectivity index (χ1) is 6.88. The first-order valence-electron chi connectivity index (χ1n) is 4.85. The Kier molecular flexibility index (Phi) is 5.69. The first kappa shape index (κ1) is 13.7. The van der Waals surface area contributed by atoms with E-state index in [4.69, 9.17) is 5.11 Å². The molecular formula is C9H19N3O3. The number of amides is 2. The van der Waals surface area contributed by atoms with Gasteiger partial charge in [-0.3, -0.25) is 5.43 Å². The Morgan fingerprint density at radius 3 is 2.27 bits per heavy atom. The van der Waals surface area contributed by atoms with Gasteiger partial charge in [-0.2, -0.15) is 0 Å². The number of carbonyl (C=O) groups excluding carboxylic acids is 1. The van der Waals surface area contributed by atoms with Crippen LogP contribution in [0, 0.1) is 5.92 Å². The molecule has 88 valence electrons. The van der Waals surface area contributed by atoms with Crippen molar-refractivity contribution in [3.8, 4) is 0 Å². The van der Waals surface area contributed by atoms with Crippen LogP contribution in [0.4, 0.5) is 4.79 Å². The van der Waals surface area contributed by atoms with Crippen LogP contribution in [0.2, 0.25) is 0 Å². The number of urea groups is 1. The maximum Gasteiger partial charge on any atom is 0.330 e. The topological polar surface area (TPSA) is 81.7 Å². The molecule has 15 heavy (non-hydrogen) atoms. The van der Waals surface area contributed by atoms with Crippen LogP contribution in [0.5, 0.6) is 0 Å². The number of carbonyl (C=O) groups is 2. The fourth-order valence-electron chi connectivity index (χ4n) is 1.06. The number of hydrogen-bond donors (Lipinski definition) is 3. The van der Waals surface area contributed by atoms with Gasteiger partial charge in [0.25, 0.3) is 0 Å². The zero-order chi connectivity index (χ0) is 12.0. The van der Waals surface area contributed by atoms with Crippen LogP contribution in [-0.2, 0) is 4.79 Å². The summed E-state index contributed by atoms with van der Waals surface area (Å²) < 4.78 is 0. The average Bonchev–Trinajstić information content (AvgIpc) is 2.11. The van der Waals surface area contributed by atoms with E-state index in [0.717, 1.165) is 0 Å². The van der Waals surface area contributed by atoms with Crippen LogP contribution in [0.1, 0.15) is 20.3 Å². The normalized spacial score (nSPS) is 14.5. The molecule has 3 N–H and O–H groups in total. The van der Waals surface area contributed by atoms with E-state index in [1.807, 2.05) is 6.92 Å². The molecular weight excluding hydrogens is 198 g/mol. The Hall–Kier alpha value is -1.30. The predicted octanol–water partition coefficient (Wildman–Crippen LogP) is 0.262. The van der Waals surface area contributed by atoms with E-state index < -0.39 is 18.0 Å². The Morgan fingerprint density at radius 2 is 1.93 bits per heavy atom. The Balaban J connectivity index is 4.29. The summed E-state index contributed by atoms with van der Waals surface area (Å²) >= 11 is 0. The number of hydrazine groups is 1. The molecule has 0 saturated heterocycles. The smallest absolute Gasteiger partial charge is 0.330 e. The molecule has 0 aliphatic carbocycles. The van der Waals surface area contributed by atoms with E-state index in [0.29, 0.717) is 6.42 Å². The fraction of sp³-hybridized carbons (Fsp3) is 0.778. The van der Waals surface area contributed by atoms with Crippen LogP contribution in [0.25, 0.3) is 0 Å². The van der Waals surface area contributed by atoms with Crippen molar-refractivity contribution < 1.29 is 14.7 Å². The maximum atomic E-state index is 11.3. The lowest BCUT2D eigenvalue weighted by molar-refractivity contribution is -0.140. The van der Waals surface area contributed by atoms with Crippen molar-refractivity contribution in [2.75, 3.05) is 14.1 Å². The molecule has 6 nitrogen and oxygen atoms in total. The molecule has 0 aromatic rings. The first-order valence-corrected chi connectivity index (χ1v) is 4.85. The highest BCUT2D eigenvalue weighted by molar-refractivity contribution is 5.82. The minimum atomic E-state index is -1.02. The summed E-state index contributed by atoms with van der Waals surface area (Å²) in [6, 6.07) is -1.36. The van der Waals surface area contributed by atoms with Gasteiger partial charge in [-0.05, 0) is 5.92 Å². The van der Waals surface area contributed by atoms with Gasteiger partial charge in [-0.15, -0.1) is 0 Å². The molecule has 0 saturated carbocycles.